The molecule has 0 spiro atoms. The van der Waals surface area contributed by atoms with E-state index in [2.05, 4.69) is 15.9 Å². The Morgan fingerprint density at radius 2 is 1.67 bits per heavy atom. The van der Waals surface area contributed by atoms with Gasteiger partial charge in [-0.2, -0.15) is 4.31 Å². The number of hydrogen-bond donors (Lipinski definition) is 0. The first-order chi connectivity index (χ1) is 12.7. The summed E-state index contributed by atoms with van der Waals surface area (Å²) in [5, 5.41) is 0.223. The lowest BCUT2D eigenvalue weighted by atomic mass is 10.1. The smallest absolute Gasteiger partial charge is 0.255 e. The van der Waals surface area contributed by atoms with Crippen molar-refractivity contribution in [3.63, 3.8) is 0 Å². The van der Waals surface area contributed by atoms with E-state index in [-0.39, 0.29) is 21.4 Å². The third-order valence-corrected chi connectivity index (χ3v) is 7.10. The first-order valence-corrected chi connectivity index (χ1v) is 11.1. The van der Waals surface area contributed by atoms with Gasteiger partial charge in [-0.1, -0.05) is 53.5 Å². The van der Waals surface area contributed by atoms with Gasteiger partial charge in [0, 0.05) is 31.2 Å². The highest BCUT2D eigenvalue weighted by Crippen LogP contribution is 2.24. The van der Waals surface area contributed by atoms with Gasteiger partial charge in [-0.25, -0.2) is 8.42 Å². The molecule has 2 aromatic rings. The van der Waals surface area contributed by atoms with Crippen LogP contribution in [0.2, 0.25) is 5.02 Å². The molecule has 0 N–H and O–H groups in total. The largest absolute Gasteiger partial charge is 0.337 e. The van der Waals surface area contributed by atoms with E-state index in [1.165, 1.54) is 27.4 Å². The zero-order chi connectivity index (χ0) is 20.2. The highest BCUT2D eigenvalue weighted by atomic mass is 79.9. The Morgan fingerprint density at radius 3 is 2.22 bits per heavy atom. The van der Waals surface area contributed by atoms with Gasteiger partial charge >= 0.3 is 0 Å². The summed E-state index contributed by atoms with van der Waals surface area (Å²) in [6, 6.07) is 11.9. The molecule has 5 nitrogen and oxygen atoms in total. The minimum atomic E-state index is -3.66. The molecule has 27 heavy (non-hydrogen) atoms. The molecule has 0 saturated heterocycles. The molecule has 0 saturated carbocycles. The van der Waals surface area contributed by atoms with Crippen LogP contribution in [0, 0.1) is 0 Å². The lowest BCUT2D eigenvalue weighted by Gasteiger charge is -2.21. The van der Waals surface area contributed by atoms with Crippen molar-refractivity contribution in [1.82, 2.24) is 9.21 Å². The van der Waals surface area contributed by atoms with Crippen LogP contribution in [0.1, 0.15) is 29.8 Å². The number of rotatable bonds is 7. The fraction of sp³-hybridized carbons (Fsp3) is 0.316. The van der Waals surface area contributed by atoms with E-state index in [0.717, 1.165) is 10.0 Å². The molecule has 0 unspecified atom stereocenters. The zero-order valence-electron chi connectivity index (χ0n) is 15.4. The third-order valence-electron chi connectivity index (χ3n) is 4.19. The molecule has 146 valence electrons. The van der Waals surface area contributed by atoms with Gasteiger partial charge in [-0.05, 0) is 35.9 Å². The highest BCUT2D eigenvalue weighted by Gasteiger charge is 2.24. The highest BCUT2D eigenvalue weighted by molar-refractivity contribution is 9.10. The van der Waals surface area contributed by atoms with Gasteiger partial charge in [0.2, 0.25) is 10.0 Å². The van der Waals surface area contributed by atoms with Crippen LogP contribution >= 0.6 is 27.5 Å². The summed E-state index contributed by atoms with van der Waals surface area (Å²) in [6.07, 6.45) is 0. The first-order valence-electron chi connectivity index (χ1n) is 8.50. The molecule has 0 aliphatic rings. The quantitative estimate of drug-likeness (QED) is 0.599. The van der Waals surface area contributed by atoms with Crippen LogP contribution < -0.4 is 0 Å². The summed E-state index contributed by atoms with van der Waals surface area (Å²) in [5.74, 6) is -0.334. The molecule has 0 bridgehead atoms. The average Bonchev–Trinajstić information content (AvgIpc) is 2.64. The Labute approximate surface area is 174 Å². The molecular formula is C19H22BrClN2O3S. The molecule has 1 amide bonds. The van der Waals surface area contributed by atoms with Crippen LogP contribution in [0.4, 0.5) is 0 Å². The van der Waals surface area contributed by atoms with Crippen molar-refractivity contribution in [2.75, 3.05) is 20.1 Å². The molecule has 2 aromatic carbocycles. The summed E-state index contributed by atoms with van der Waals surface area (Å²) < 4.78 is 27.8. The number of carbonyl (C=O) groups excluding carboxylic acids is 1. The SMILES string of the molecule is CCN(CC)S(=O)(=O)c1ccc(Cl)c(C(=O)N(C)Cc2ccc(Br)cc2)c1. The molecule has 0 heterocycles. The monoisotopic (exact) mass is 472 g/mol. The second-order valence-electron chi connectivity index (χ2n) is 6.02. The summed E-state index contributed by atoms with van der Waals surface area (Å²) in [5.41, 5.74) is 1.13. The first kappa shape index (κ1) is 21.9. The Morgan fingerprint density at radius 1 is 1.07 bits per heavy atom. The summed E-state index contributed by atoms with van der Waals surface area (Å²) in [6.45, 7) is 4.64. The van der Waals surface area contributed by atoms with Crippen LogP contribution in [-0.4, -0.2) is 43.7 Å². The topological polar surface area (TPSA) is 57.7 Å². The van der Waals surface area contributed by atoms with Crippen LogP contribution in [-0.2, 0) is 16.6 Å². The average molecular weight is 474 g/mol. The molecule has 0 atom stereocenters. The molecule has 2 rings (SSSR count). The standard InChI is InChI=1S/C19H22BrClN2O3S/c1-4-23(5-2)27(25,26)16-10-11-18(21)17(12-16)19(24)22(3)13-14-6-8-15(20)9-7-14/h6-12H,4-5,13H2,1-3H3. The van der Waals surface area contributed by atoms with Gasteiger partial charge in [0.15, 0.2) is 0 Å². The minimum Gasteiger partial charge on any atom is -0.337 e. The van der Waals surface area contributed by atoms with Crippen LogP contribution in [0.15, 0.2) is 51.8 Å². The van der Waals surface area contributed by atoms with E-state index in [9.17, 15) is 13.2 Å². The van der Waals surface area contributed by atoms with Gasteiger partial charge < -0.3 is 4.90 Å². The van der Waals surface area contributed by atoms with Crippen molar-refractivity contribution in [1.29, 1.82) is 0 Å². The number of sulfonamides is 1. The van der Waals surface area contributed by atoms with E-state index >= 15 is 0 Å². The molecule has 0 aliphatic carbocycles. The maximum absolute atomic E-state index is 12.8. The number of halogens is 2. The van der Waals surface area contributed by atoms with Crippen LogP contribution in [0.25, 0.3) is 0 Å². The van der Waals surface area contributed by atoms with E-state index in [4.69, 9.17) is 11.6 Å². The molecule has 0 fully saturated rings. The molecular weight excluding hydrogens is 452 g/mol. The van der Waals surface area contributed by atoms with Gasteiger partial charge in [-0.3, -0.25) is 4.79 Å². The molecule has 0 aromatic heterocycles. The van der Waals surface area contributed by atoms with Crippen LogP contribution in [0.3, 0.4) is 0 Å². The lowest BCUT2D eigenvalue weighted by Crippen LogP contribution is -2.31. The van der Waals surface area contributed by atoms with Crippen molar-refractivity contribution < 1.29 is 13.2 Å². The van der Waals surface area contributed by atoms with Gasteiger partial charge in [0.1, 0.15) is 0 Å². The van der Waals surface area contributed by atoms with Crippen molar-refractivity contribution in [2.24, 2.45) is 0 Å². The van der Waals surface area contributed by atoms with Crippen molar-refractivity contribution in [2.45, 2.75) is 25.3 Å². The predicted molar refractivity (Wildman–Crippen MR) is 111 cm³/mol. The van der Waals surface area contributed by atoms with Crippen LogP contribution in [0.5, 0.6) is 0 Å². The summed E-state index contributed by atoms with van der Waals surface area (Å²) in [7, 11) is -2.01. The Bertz CT molecular complexity index is 913. The number of hydrogen-bond acceptors (Lipinski definition) is 3. The minimum absolute atomic E-state index is 0.0657. The number of carbonyl (C=O) groups is 1. The normalized spacial score (nSPS) is 11.6. The Hall–Kier alpha value is -1.41. The van der Waals surface area contributed by atoms with Crippen molar-refractivity contribution >= 4 is 43.5 Å². The lowest BCUT2D eigenvalue weighted by molar-refractivity contribution is 0.0785. The fourth-order valence-corrected chi connectivity index (χ4v) is 4.63. The molecule has 8 heteroatoms. The van der Waals surface area contributed by atoms with Gasteiger partial charge in [0.25, 0.3) is 5.91 Å². The van der Waals surface area contributed by atoms with E-state index < -0.39 is 10.0 Å². The zero-order valence-corrected chi connectivity index (χ0v) is 18.6. The molecule has 0 radical (unpaired) electrons. The second kappa shape index (κ2) is 9.19. The van der Waals surface area contributed by atoms with E-state index in [1.807, 2.05) is 24.3 Å². The van der Waals surface area contributed by atoms with Gasteiger partial charge in [-0.15, -0.1) is 0 Å². The molecule has 0 aliphatic heterocycles. The van der Waals surface area contributed by atoms with Gasteiger partial charge in [0.05, 0.1) is 15.5 Å². The van der Waals surface area contributed by atoms with Crippen molar-refractivity contribution in [3.8, 4) is 0 Å². The maximum atomic E-state index is 12.8. The Kier molecular flexibility index (Phi) is 7.45. The van der Waals surface area contributed by atoms with E-state index in [0.29, 0.717) is 19.6 Å². The third kappa shape index (κ3) is 5.10. The number of nitrogens with zero attached hydrogens (tertiary/aromatic N) is 2. The summed E-state index contributed by atoms with van der Waals surface area (Å²) >= 11 is 9.57. The number of amides is 1. The maximum Gasteiger partial charge on any atom is 0.255 e. The van der Waals surface area contributed by atoms with Crippen molar-refractivity contribution in [3.05, 3.63) is 63.1 Å². The second-order valence-corrected chi connectivity index (χ2v) is 9.28. The Balaban J connectivity index is 2.31. The fourth-order valence-electron chi connectivity index (χ4n) is 2.68. The van der Waals surface area contributed by atoms with E-state index in [1.54, 1.807) is 20.9 Å². The number of benzene rings is 2. The summed E-state index contributed by atoms with van der Waals surface area (Å²) in [4.78, 5) is 14.4. The predicted octanol–water partition coefficient (Wildman–Crippen LogP) is 4.41.